The Morgan fingerprint density at radius 2 is 1.75 bits per heavy atom. The normalized spacial score (nSPS) is 11.1. The molecule has 0 fully saturated rings. The molecule has 0 atom stereocenters. The van der Waals surface area contributed by atoms with Crippen molar-refractivity contribution in [2.45, 2.75) is 0 Å². The van der Waals surface area contributed by atoms with Gasteiger partial charge in [-0.25, -0.2) is 0 Å². The molecular formula is C6H5IO4S. The summed E-state index contributed by atoms with van der Waals surface area (Å²) in [6, 6.07) is 8.13. The van der Waals surface area contributed by atoms with Crippen LogP contribution in [0.3, 0.4) is 0 Å². The van der Waals surface area contributed by atoms with E-state index < -0.39 is 10.4 Å². The van der Waals surface area contributed by atoms with Gasteiger partial charge >= 0.3 is 10.4 Å². The van der Waals surface area contributed by atoms with E-state index in [-0.39, 0.29) is 5.75 Å². The van der Waals surface area contributed by atoms with Crippen LogP contribution in [0, 0.1) is 0 Å². The van der Waals surface area contributed by atoms with E-state index in [1.807, 2.05) is 0 Å². The molecule has 0 aliphatic heterocycles. The molecule has 0 heterocycles. The van der Waals surface area contributed by atoms with Crippen molar-refractivity contribution < 1.29 is 15.1 Å². The molecule has 0 unspecified atom stereocenters. The zero-order valence-electron chi connectivity index (χ0n) is 5.81. The highest BCUT2D eigenvalue weighted by molar-refractivity contribution is 14.1. The van der Waals surface area contributed by atoms with Gasteiger partial charge in [-0.3, -0.25) is 0 Å². The van der Waals surface area contributed by atoms with Gasteiger partial charge in [0.05, 0.1) is 0 Å². The third-order valence-electron chi connectivity index (χ3n) is 1.02. The topological polar surface area (TPSA) is 52.6 Å². The quantitative estimate of drug-likeness (QED) is 0.797. The second-order valence-corrected chi connectivity index (χ2v) is 4.06. The van der Waals surface area contributed by atoms with Crippen molar-refractivity contribution in [1.29, 1.82) is 0 Å². The number of halogens is 1. The van der Waals surface area contributed by atoms with E-state index in [0.717, 1.165) is 0 Å². The smallest absolute Gasteiger partial charge is 0.361 e. The highest BCUT2D eigenvalue weighted by Crippen LogP contribution is 2.13. The summed E-state index contributed by atoms with van der Waals surface area (Å²) >= 11 is 1.24. The first-order valence-corrected chi connectivity index (χ1v) is 5.15. The van der Waals surface area contributed by atoms with Crippen LogP contribution in [0.5, 0.6) is 5.75 Å². The lowest BCUT2D eigenvalue weighted by Gasteiger charge is -2.00. The molecule has 0 N–H and O–H groups in total. The number of para-hydroxylation sites is 1. The van der Waals surface area contributed by atoms with Gasteiger partial charge in [-0.15, -0.1) is 0 Å². The summed E-state index contributed by atoms with van der Waals surface area (Å²) in [4.78, 5) is 0. The Morgan fingerprint density at radius 3 is 2.25 bits per heavy atom. The number of rotatable bonds is 3. The van der Waals surface area contributed by atoms with Crippen molar-refractivity contribution in [2.75, 3.05) is 0 Å². The number of hydrogen-bond donors (Lipinski definition) is 0. The first kappa shape index (κ1) is 9.75. The first-order chi connectivity index (χ1) is 5.64. The SMILES string of the molecule is O=S(=O)(OI)Oc1ccccc1. The van der Waals surface area contributed by atoms with Gasteiger partial charge in [0, 0.05) is 0 Å². The molecule has 0 saturated heterocycles. The molecule has 0 radical (unpaired) electrons. The maximum atomic E-state index is 10.7. The largest absolute Gasteiger partial charge is 0.458 e. The van der Waals surface area contributed by atoms with Gasteiger partial charge in [-0.2, -0.15) is 10.9 Å². The second-order valence-electron chi connectivity index (χ2n) is 1.87. The first-order valence-electron chi connectivity index (χ1n) is 2.94. The molecule has 12 heavy (non-hydrogen) atoms. The van der Waals surface area contributed by atoms with E-state index in [1.54, 1.807) is 18.2 Å². The van der Waals surface area contributed by atoms with Gasteiger partial charge in [0.25, 0.3) is 0 Å². The van der Waals surface area contributed by atoms with Crippen LogP contribution in [0.4, 0.5) is 0 Å². The van der Waals surface area contributed by atoms with Crippen molar-refractivity contribution in [3.8, 4) is 5.75 Å². The Kier molecular flexibility index (Phi) is 3.29. The van der Waals surface area contributed by atoms with E-state index in [0.29, 0.717) is 0 Å². The molecule has 1 aromatic rings. The van der Waals surface area contributed by atoms with E-state index in [1.165, 1.54) is 35.1 Å². The van der Waals surface area contributed by atoms with Crippen molar-refractivity contribution >= 4 is 33.4 Å². The predicted molar refractivity (Wildman–Crippen MR) is 51.1 cm³/mol. The summed E-state index contributed by atoms with van der Waals surface area (Å²) in [6.45, 7) is 0. The highest BCUT2D eigenvalue weighted by Gasteiger charge is 2.10. The van der Waals surface area contributed by atoms with E-state index >= 15 is 0 Å². The highest BCUT2D eigenvalue weighted by atomic mass is 127. The summed E-state index contributed by atoms with van der Waals surface area (Å²) < 4.78 is 30.0. The molecule has 1 aromatic carbocycles. The van der Waals surface area contributed by atoms with Crippen molar-refractivity contribution in [2.24, 2.45) is 0 Å². The average molecular weight is 300 g/mol. The van der Waals surface area contributed by atoms with Crippen molar-refractivity contribution in [3.63, 3.8) is 0 Å². The Morgan fingerprint density at radius 1 is 1.17 bits per heavy atom. The molecule has 0 aliphatic rings. The van der Waals surface area contributed by atoms with Crippen LogP contribution in [-0.4, -0.2) is 8.42 Å². The fourth-order valence-electron chi connectivity index (χ4n) is 0.607. The van der Waals surface area contributed by atoms with Gasteiger partial charge in [0.15, 0.2) is 0 Å². The third-order valence-corrected chi connectivity index (χ3v) is 2.89. The van der Waals surface area contributed by atoms with Crippen LogP contribution in [-0.2, 0) is 12.9 Å². The molecule has 0 bridgehead atoms. The molecule has 6 heteroatoms. The second kappa shape index (κ2) is 4.06. The maximum Gasteiger partial charge on any atom is 0.458 e. The van der Waals surface area contributed by atoms with E-state index in [2.05, 4.69) is 6.70 Å². The minimum absolute atomic E-state index is 0.231. The minimum atomic E-state index is -3.89. The van der Waals surface area contributed by atoms with Crippen molar-refractivity contribution in [3.05, 3.63) is 30.3 Å². The summed E-state index contributed by atoms with van der Waals surface area (Å²) in [6.07, 6.45) is 0. The molecule has 0 aromatic heterocycles. The Bertz CT molecular complexity index is 334. The summed E-state index contributed by atoms with van der Waals surface area (Å²) in [5, 5.41) is 0. The van der Waals surface area contributed by atoms with Gasteiger partial charge in [0.1, 0.15) is 28.8 Å². The molecule has 0 amide bonds. The van der Waals surface area contributed by atoms with Crippen LogP contribution < -0.4 is 4.18 Å². The summed E-state index contributed by atoms with van der Waals surface area (Å²) in [7, 11) is -3.89. The van der Waals surface area contributed by atoms with E-state index in [9.17, 15) is 8.42 Å². The monoisotopic (exact) mass is 300 g/mol. The van der Waals surface area contributed by atoms with Crippen LogP contribution >= 0.6 is 23.0 Å². The molecule has 66 valence electrons. The summed E-state index contributed by atoms with van der Waals surface area (Å²) in [5.74, 6) is 0.231. The Labute approximate surface area is 84.5 Å². The zero-order chi connectivity index (χ0) is 9.03. The molecule has 0 aliphatic carbocycles. The number of hydrogen-bond acceptors (Lipinski definition) is 4. The lowest BCUT2D eigenvalue weighted by atomic mass is 10.3. The number of benzene rings is 1. The molecule has 1 rings (SSSR count). The molecule has 0 spiro atoms. The van der Waals surface area contributed by atoms with Crippen LogP contribution in [0.1, 0.15) is 0 Å². The predicted octanol–water partition coefficient (Wildman–Crippen LogP) is 1.68. The standard InChI is InChI=1S/C6H5IO4S/c7-11-12(8,9)10-6-4-2-1-3-5-6/h1-5H. The van der Waals surface area contributed by atoms with Crippen molar-refractivity contribution in [1.82, 2.24) is 0 Å². The molecular weight excluding hydrogens is 295 g/mol. The van der Waals surface area contributed by atoms with E-state index in [4.69, 9.17) is 0 Å². The van der Waals surface area contributed by atoms with Crippen LogP contribution in [0.15, 0.2) is 30.3 Å². The third kappa shape index (κ3) is 2.95. The summed E-state index contributed by atoms with van der Waals surface area (Å²) in [5.41, 5.74) is 0. The fourth-order valence-corrected chi connectivity index (χ4v) is 1.20. The lowest BCUT2D eigenvalue weighted by Crippen LogP contribution is -2.07. The average Bonchev–Trinajstić information content (AvgIpc) is 2.06. The maximum absolute atomic E-state index is 10.7. The van der Waals surface area contributed by atoms with Crippen LogP contribution in [0.25, 0.3) is 0 Å². The fraction of sp³-hybridized carbons (Fsp3) is 0. The Hall–Kier alpha value is -0.340. The van der Waals surface area contributed by atoms with Gasteiger partial charge in [-0.05, 0) is 12.1 Å². The van der Waals surface area contributed by atoms with Gasteiger partial charge in [0.2, 0.25) is 0 Å². The zero-order valence-corrected chi connectivity index (χ0v) is 8.78. The molecule has 0 saturated carbocycles. The van der Waals surface area contributed by atoms with Gasteiger partial charge in [-0.1, -0.05) is 18.2 Å². The minimum Gasteiger partial charge on any atom is -0.361 e. The molecule has 4 nitrogen and oxygen atoms in total. The van der Waals surface area contributed by atoms with Gasteiger partial charge < -0.3 is 4.18 Å². The lowest BCUT2D eigenvalue weighted by molar-refractivity contribution is 0.427. The van der Waals surface area contributed by atoms with Crippen LogP contribution in [0.2, 0.25) is 0 Å². The Balaban J connectivity index is 2.78.